The molecule has 0 N–H and O–H groups in total. The van der Waals surface area contributed by atoms with Crippen LogP contribution in [-0.4, -0.2) is 34.3 Å². The molecule has 0 spiro atoms. The highest BCUT2D eigenvalue weighted by molar-refractivity contribution is 5.55. The molecular weight excluding hydrogens is 316 g/mol. The molecule has 128 valence electrons. The summed E-state index contributed by atoms with van der Waals surface area (Å²) < 4.78 is 11.4. The zero-order valence-corrected chi connectivity index (χ0v) is 13.9. The van der Waals surface area contributed by atoms with Crippen molar-refractivity contribution in [3.63, 3.8) is 0 Å². The topological polar surface area (TPSA) is 64.3 Å². The minimum Gasteiger partial charge on any atom is -0.373 e. The molecule has 6 nitrogen and oxygen atoms in total. The zero-order valence-electron chi connectivity index (χ0n) is 13.9. The second kappa shape index (κ2) is 7.44. The van der Waals surface area contributed by atoms with Crippen LogP contribution in [0.1, 0.15) is 18.4 Å². The zero-order chi connectivity index (χ0) is 16.9. The van der Waals surface area contributed by atoms with Crippen molar-refractivity contribution in [3.8, 4) is 11.4 Å². The summed E-state index contributed by atoms with van der Waals surface area (Å²) in [6.07, 6.45) is 5.77. The van der Waals surface area contributed by atoms with E-state index < -0.39 is 0 Å². The Morgan fingerprint density at radius 3 is 2.68 bits per heavy atom. The fourth-order valence-corrected chi connectivity index (χ4v) is 2.96. The van der Waals surface area contributed by atoms with Crippen molar-refractivity contribution in [2.24, 2.45) is 0 Å². The van der Waals surface area contributed by atoms with Crippen LogP contribution in [0, 0.1) is 0 Å². The Morgan fingerprint density at radius 2 is 1.92 bits per heavy atom. The van der Waals surface area contributed by atoms with E-state index in [0.29, 0.717) is 18.4 Å². The van der Waals surface area contributed by atoms with Gasteiger partial charge in [0.25, 0.3) is 0 Å². The van der Waals surface area contributed by atoms with Crippen LogP contribution in [0.4, 0.5) is 6.01 Å². The highest BCUT2D eigenvalue weighted by Crippen LogP contribution is 2.23. The van der Waals surface area contributed by atoms with E-state index in [2.05, 4.69) is 20.0 Å². The molecule has 0 aliphatic carbocycles. The van der Waals surface area contributed by atoms with Gasteiger partial charge in [-0.2, -0.15) is 4.98 Å². The fraction of sp³-hybridized carbons (Fsp3) is 0.316. The molecule has 0 radical (unpaired) electrons. The Kier molecular flexibility index (Phi) is 4.70. The molecule has 6 heteroatoms. The van der Waals surface area contributed by atoms with E-state index in [9.17, 15) is 0 Å². The molecule has 0 atom stereocenters. The fourth-order valence-electron chi connectivity index (χ4n) is 2.96. The maximum Gasteiger partial charge on any atom is 0.324 e. The van der Waals surface area contributed by atoms with E-state index in [1.54, 1.807) is 6.20 Å². The lowest BCUT2D eigenvalue weighted by Gasteiger charge is -2.30. The Morgan fingerprint density at radius 1 is 1.08 bits per heavy atom. The normalized spacial score (nSPS) is 15.4. The van der Waals surface area contributed by atoms with Crippen molar-refractivity contribution in [2.45, 2.75) is 25.6 Å². The average Bonchev–Trinajstić information content (AvgIpc) is 3.19. The van der Waals surface area contributed by atoms with Gasteiger partial charge in [-0.05, 0) is 24.5 Å². The summed E-state index contributed by atoms with van der Waals surface area (Å²) in [7, 11) is 0. The van der Waals surface area contributed by atoms with Gasteiger partial charge in [0.1, 0.15) is 0 Å². The van der Waals surface area contributed by atoms with E-state index in [1.807, 2.05) is 48.7 Å². The molecule has 25 heavy (non-hydrogen) atoms. The quantitative estimate of drug-likeness (QED) is 0.712. The molecule has 1 fully saturated rings. The number of anilines is 1. The van der Waals surface area contributed by atoms with Gasteiger partial charge in [-0.15, -0.1) is 0 Å². The van der Waals surface area contributed by atoms with Gasteiger partial charge in [-0.1, -0.05) is 41.6 Å². The van der Waals surface area contributed by atoms with Gasteiger partial charge in [-0.25, -0.2) is 0 Å². The van der Waals surface area contributed by atoms with Crippen molar-refractivity contribution in [1.29, 1.82) is 0 Å². The third kappa shape index (κ3) is 3.85. The third-order valence-corrected chi connectivity index (χ3v) is 4.37. The summed E-state index contributed by atoms with van der Waals surface area (Å²) in [6.45, 7) is 2.32. The largest absolute Gasteiger partial charge is 0.373 e. The van der Waals surface area contributed by atoms with Gasteiger partial charge in [0.15, 0.2) is 0 Å². The van der Waals surface area contributed by atoms with Gasteiger partial charge < -0.3 is 14.2 Å². The molecule has 1 aliphatic heterocycles. The lowest BCUT2D eigenvalue weighted by atomic mass is 10.1. The third-order valence-electron chi connectivity index (χ3n) is 4.37. The van der Waals surface area contributed by atoms with Crippen LogP contribution in [0.2, 0.25) is 0 Å². The highest BCUT2D eigenvalue weighted by atomic mass is 16.5. The first-order valence-electron chi connectivity index (χ1n) is 8.53. The lowest BCUT2D eigenvalue weighted by Crippen LogP contribution is -2.37. The highest BCUT2D eigenvalue weighted by Gasteiger charge is 2.23. The predicted molar refractivity (Wildman–Crippen MR) is 94.0 cm³/mol. The maximum atomic E-state index is 5.99. The smallest absolute Gasteiger partial charge is 0.324 e. The number of hydrogen-bond donors (Lipinski definition) is 0. The number of ether oxygens (including phenoxy) is 1. The minimum absolute atomic E-state index is 0.257. The molecular formula is C19H20N4O2. The van der Waals surface area contributed by atoms with E-state index in [-0.39, 0.29) is 6.10 Å². The minimum atomic E-state index is 0.257. The predicted octanol–water partition coefficient (Wildman–Crippen LogP) is 3.32. The van der Waals surface area contributed by atoms with Crippen LogP contribution in [-0.2, 0) is 11.3 Å². The number of hydrogen-bond acceptors (Lipinski definition) is 6. The molecule has 3 heterocycles. The number of pyridine rings is 1. The first-order chi connectivity index (χ1) is 12.4. The van der Waals surface area contributed by atoms with E-state index in [0.717, 1.165) is 37.1 Å². The Labute approximate surface area is 146 Å². The SMILES string of the molecule is c1ccc(-c2noc(N3CCC(OCc4cccnc4)CC3)n2)cc1. The molecule has 1 aliphatic rings. The van der Waals surface area contributed by atoms with E-state index >= 15 is 0 Å². The van der Waals surface area contributed by atoms with Crippen LogP contribution in [0.15, 0.2) is 59.4 Å². The summed E-state index contributed by atoms with van der Waals surface area (Å²) in [5.41, 5.74) is 2.07. The van der Waals surface area contributed by atoms with Crippen molar-refractivity contribution >= 4 is 6.01 Å². The molecule has 0 saturated carbocycles. The molecule has 4 rings (SSSR count). The molecule has 2 aromatic heterocycles. The van der Waals surface area contributed by atoms with Crippen LogP contribution < -0.4 is 4.90 Å². The van der Waals surface area contributed by atoms with Crippen LogP contribution in [0.3, 0.4) is 0 Å². The number of piperidine rings is 1. The van der Waals surface area contributed by atoms with Crippen molar-refractivity contribution < 1.29 is 9.26 Å². The second-order valence-electron chi connectivity index (χ2n) is 6.13. The standard InChI is InChI=1S/C19H20N4O2/c1-2-6-16(7-3-1)18-21-19(25-22-18)23-11-8-17(9-12-23)24-14-15-5-4-10-20-13-15/h1-7,10,13,17H,8-9,11-12,14H2. The monoisotopic (exact) mass is 336 g/mol. The lowest BCUT2D eigenvalue weighted by molar-refractivity contribution is 0.0244. The van der Waals surface area contributed by atoms with Gasteiger partial charge in [-0.3, -0.25) is 4.98 Å². The number of benzene rings is 1. The van der Waals surface area contributed by atoms with E-state index in [4.69, 9.17) is 9.26 Å². The van der Waals surface area contributed by atoms with Crippen LogP contribution in [0.25, 0.3) is 11.4 Å². The number of rotatable bonds is 5. The summed E-state index contributed by atoms with van der Waals surface area (Å²) in [6, 6.07) is 14.4. The second-order valence-corrected chi connectivity index (χ2v) is 6.13. The first-order valence-corrected chi connectivity index (χ1v) is 8.53. The molecule has 1 saturated heterocycles. The van der Waals surface area contributed by atoms with E-state index in [1.165, 1.54) is 0 Å². The van der Waals surface area contributed by atoms with Crippen molar-refractivity contribution in [2.75, 3.05) is 18.0 Å². The van der Waals surface area contributed by atoms with Crippen molar-refractivity contribution in [1.82, 2.24) is 15.1 Å². The Hall–Kier alpha value is -2.73. The molecule has 0 bridgehead atoms. The van der Waals surface area contributed by atoms with Gasteiger partial charge in [0.05, 0.1) is 12.7 Å². The maximum absolute atomic E-state index is 5.99. The van der Waals surface area contributed by atoms with Crippen LogP contribution in [0.5, 0.6) is 0 Å². The summed E-state index contributed by atoms with van der Waals surface area (Å²) in [4.78, 5) is 10.8. The van der Waals surface area contributed by atoms with Crippen molar-refractivity contribution in [3.05, 3.63) is 60.4 Å². The molecule has 0 unspecified atom stereocenters. The number of nitrogens with zero attached hydrogens (tertiary/aromatic N) is 4. The summed E-state index contributed by atoms with van der Waals surface area (Å²) >= 11 is 0. The summed E-state index contributed by atoms with van der Waals surface area (Å²) in [5.74, 6) is 0.630. The molecule has 0 amide bonds. The van der Waals surface area contributed by atoms with Gasteiger partial charge >= 0.3 is 6.01 Å². The molecule has 1 aromatic carbocycles. The average molecular weight is 336 g/mol. The van der Waals surface area contributed by atoms with Gasteiger partial charge in [0, 0.05) is 31.0 Å². The Balaban J connectivity index is 1.31. The van der Waals surface area contributed by atoms with Crippen LogP contribution >= 0.6 is 0 Å². The summed E-state index contributed by atoms with van der Waals surface area (Å²) in [5, 5.41) is 4.09. The molecule has 3 aromatic rings. The van der Waals surface area contributed by atoms with Gasteiger partial charge in [0.2, 0.25) is 5.82 Å². The number of aromatic nitrogens is 3. The Bertz CT molecular complexity index is 783. The first kappa shape index (κ1) is 15.8.